The number of para-hydroxylation sites is 1. The van der Waals surface area contributed by atoms with Crippen LogP contribution < -0.4 is 5.43 Å². The third-order valence-corrected chi connectivity index (χ3v) is 4.40. The molecule has 1 saturated heterocycles. The van der Waals surface area contributed by atoms with E-state index in [1.165, 1.54) is 48.5 Å². The Morgan fingerprint density at radius 1 is 1.19 bits per heavy atom. The number of hydrogen-bond acceptors (Lipinski definition) is 7. The highest BCUT2D eigenvalue weighted by Gasteiger charge is 2.37. The normalized spacial score (nSPS) is 15.3. The zero-order chi connectivity index (χ0) is 19.6. The van der Waals surface area contributed by atoms with E-state index in [4.69, 9.17) is 0 Å². The van der Waals surface area contributed by atoms with Gasteiger partial charge in [0.1, 0.15) is 5.75 Å². The summed E-state index contributed by atoms with van der Waals surface area (Å²) in [6.07, 6.45) is 1.32. The number of phenolic OH excluding ortho intramolecular Hbond substituents is 1. The first-order valence-electron chi connectivity index (χ1n) is 7.48. The SMILES string of the molecule is O=C(NN1C(=O)S/C(=C\c2cccc([N+](=O)[O-])c2)C1=O)c1ccccc1O. The fourth-order valence-electron chi connectivity index (χ4n) is 2.27. The molecule has 9 nitrogen and oxygen atoms in total. The largest absolute Gasteiger partial charge is 0.507 e. The Hall–Kier alpha value is -3.66. The van der Waals surface area contributed by atoms with Crippen LogP contribution >= 0.6 is 11.8 Å². The van der Waals surface area contributed by atoms with Crippen molar-refractivity contribution < 1.29 is 24.4 Å². The van der Waals surface area contributed by atoms with Crippen LogP contribution in [0.1, 0.15) is 15.9 Å². The Balaban J connectivity index is 1.81. The molecule has 1 aliphatic rings. The van der Waals surface area contributed by atoms with Crippen molar-refractivity contribution in [2.24, 2.45) is 0 Å². The Kier molecular flexibility index (Phi) is 4.90. The van der Waals surface area contributed by atoms with Crippen molar-refractivity contribution in [3.63, 3.8) is 0 Å². The molecule has 0 aliphatic carbocycles. The smallest absolute Gasteiger partial charge is 0.312 e. The van der Waals surface area contributed by atoms with Crippen LogP contribution in [-0.2, 0) is 4.79 Å². The number of nitrogens with zero attached hydrogens (tertiary/aromatic N) is 2. The minimum absolute atomic E-state index is 0.00178. The Morgan fingerprint density at radius 3 is 2.63 bits per heavy atom. The van der Waals surface area contributed by atoms with Crippen LogP contribution in [0.3, 0.4) is 0 Å². The van der Waals surface area contributed by atoms with Gasteiger partial charge in [0, 0.05) is 12.1 Å². The number of aromatic hydroxyl groups is 1. The molecule has 0 atom stereocenters. The lowest BCUT2D eigenvalue weighted by atomic mass is 10.2. The van der Waals surface area contributed by atoms with Gasteiger partial charge in [0.15, 0.2) is 0 Å². The van der Waals surface area contributed by atoms with E-state index in [2.05, 4.69) is 5.43 Å². The van der Waals surface area contributed by atoms with E-state index >= 15 is 0 Å². The van der Waals surface area contributed by atoms with Crippen molar-refractivity contribution >= 4 is 40.6 Å². The summed E-state index contributed by atoms with van der Waals surface area (Å²) in [6, 6.07) is 11.2. The standard InChI is InChI=1S/C17H11N3O6S/c21-13-7-2-1-6-12(13)15(22)18-19-16(23)14(27-17(19)24)9-10-4-3-5-11(8-10)20(25)26/h1-9,21H,(H,18,22)/b14-9-. The second-order valence-electron chi connectivity index (χ2n) is 5.33. The van der Waals surface area contributed by atoms with E-state index in [-0.39, 0.29) is 21.9 Å². The summed E-state index contributed by atoms with van der Waals surface area (Å²) in [7, 11) is 0. The molecule has 2 aromatic carbocycles. The molecule has 0 bridgehead atoms. The number of imide groups is 1. The van der Waals surface area contributed by atoms with E-state index in [9.17, 15) is 29.6 Å². The Morgan fingerprint density at radius 2 is 1.93 bits per heavy atom. The molecule has 3 amide bonds. The highest BCUT2D eigenvalue weighted by molar-refractivity contribution is 8.18. The van der Waals surface area contributed by atoms with Crippen LogP contribution in [0.2, 0.25) is 0 Å². The van der Waals surface area contributed by atoms with E-state index in [0.29, 0.717) is 22.3 Å². The maximum absolute atomic E-state index is 12.4. The highest BCUT2D eigenvalue weighted by Crippen LogP contribution is 2.31. The predicted octanol–water partition coefficient (Wildman–Crippen LogP) is 2.68. The average Bonchev–Trinajstić information content (AvgIpc) is 2.89. The summed E-state index contributed by atoms with van der Waals surface area (Å²) in [5.74, 6) is -1.90. The number of nitro groups is 1. The van der Waals surface area contributed by atoms with Gasteiger partial charge >= 0.3 is 5.24 Å². The summed E-state index contributed by atoms with van der Waals surface area (Å²) in [4.78, 5) is 46.9. The molecule has 3 rings (SSSR count). The molecule has 2 N–H and O–H groups in total. The molecule has 0 spiro atoms. The molecule has 0 radical (unpaired) electrons. The second kappa shape index (κ2) is 7.30. The average molecular weight is 385 g/mol. The summed E-state index contributed by atoms with van der Waals surface area (Å²) in [5.41, 5.74) is 2.25. The Bertz CT molecular complexity index is 1000. The van der Waals surface area contributed by atoms with Gasteiger partial charge in [-0.25, -0.2) is 0 Å². The first kappa shape index (κ1) is 18.1. The lowest BCUT2D eigenvalue weighted by Crippen LogP contribution is -2.44. The summed E-state index contributed by atoms with van der Waals surface area (Å²) in [6.45, 7) is 0. The first-order chi connectivity index (χ1) is 12.9. The first-order valence-corrected chi connectivity index (χ1v) is 8.30. The van der Waals surface area contributed by atoms with Crippen LogP contribution in [0, 0.1) is 10.1 Å². The summed E-state index contributed by atoms with van der Waals surface area (Å²) >= 11 is 0.584. The van der Waals surface area contributed by atoms with E-state index in [1.54, 1.807) is 6.07 Å². The van der Waals surface area contributed by atoms with Gasteiger partial charge in [0.05, 0.1) is 15.4 Å². The van der Waals surface area contributed by atoms with Crippen molar-refractivity contribution in [3.05, 3.63) is 74.7 Å². The van der Waals surface area contributed by atoms with Gasteiger partial charge < -0.3 is 5.11 Å². The van der Waals surface area contributed by atoms with Gasteiger partial charge in [0.2, 0.25) is 0 Å². The Labute approximate surface area is 156 Å². The van der Waals surface area contributed by atoms with Gasteiger partial charge in [-0.15, -0.1) is 0 Å². The monoisotopic (exact) mass is 385 g/mol. The minimum atomic E-state index is -0.827. The molecular formula is C17H11N3O6S. The molecule has 0 unspecified atom stereocenters. The predicted molar refractivity (Wildman–Crippen MR) is 96.5 cm³/mol. The van der Waals surface area contributed by atoms with Crippen LogP contribution in [0.4, 0.5) is 10.5 Å². The molecule has 1 aliphatic heterocycles. The molecule has 10 heteroatoms. The molecule has 1 heterocycles. The van der Waals surface area contributed by atoms with Crippen LogP contribution in [0.25, 0.3) is 6.08 Å². The van der Waals surface area contributed by atoms with E-state index in [0.717, 1.165) is 0 Å². The maximum atomic E-state index is 12.4. The zero-order valence-corrected chi connectivity index (χ0v) is 14.3. The second-order valence-corrected chi connectivity index (χ2v) is 6.32. The molecule has 136 valence electrons. The molecular weight excluding hydrogens is 374 g/mol. The van der Waals surface area contributed by atoms with Crippen molar-refractivity contribution in [1.82, 2.24) is 10.4 Å². The van der Waals surface area contributed by atoms with Gasteiger partial charge in [0.25, 0.3) is 17.5 Å². The third-order valence-electron chi connectivity index (χ3n) is 3.53. The van der Waals surface area contributed by atoms with Gasteiger partial charge in [-0.2, -0.15) is 5.01 Å². The quantitative estimate of drug-likeness (QED) is 0.470. The van der Waals surface area contributed by atoms with Crippen molar-refractivity contribution in [2.75, 3.05) is 0 Å². The molecule has 1 fully saturated rings. The lowest BCUT2D eigenvalue weighted by molar-refractivity contribution is -0.384. The molecule has 2 aromatic rings. The number of carbonyl (C=O) groups excluding carboxylic acids is 3. The van der Waals surface area contributed by atoms with Crippen LogP contribution in [-0.4, -0.2) is 32.1 Å². The highest BCUT2D eigenvalue weighted by atomic mass is 32.2. The topological polar surface area (TPSA) is 130 Å². The summed E-state index contributed by atoms with van der Waals surface area (Å²) in [5, 5.41) is 20.3. The van der Waals surface area contributed by atoms with Gasteiger partial charge in [-0.05, 0) is 35.5 Å². The number of hydrazine groups is 1. The van der Waals surface area contributed by atoms with Crippen molar-refractivity contribution in [2.45, 2.75) is 0 Å². The number of amides is 3. The molecule has 0 saturated carbocycles. The number of nitrogens with one attached hydrogen (secondary N) is 1. The lowest BCUT2D eigenvalue weighted by Gasteiger charge is -2.14. The van der Waals surface area contributed by atoms with Crippen molar-refractivity contribution in [3.8, 4) is 5.75 Å². The van der Waals surface area contributed by atoms with E-state index < -0.39 is 22.0 Å². The van der Waals surface area contributed by atoms with Gasteiger partial charge in [-0.1, -0.05) is 24.3 Å². The third kappa shape index (κ3) is 3.80. The number of thioether (sulfide) groups is 1. The number of carbonyl (C=O) groups is 3. The summed E-state index contributed by atoms with van der Waals surface area (Å²) < 4.78 is 0. The van der Waals surface area contributed by atoms with Gasteiger partial charge in [-0.3, -0.25) is 29.9 Å². The molecule has 27 heavy (non-hydrogen) atoms. The fraction of sp³-hybridized carbons (Fsp3) is 0. The number of nitro benzene ring substituents is 1. The number of non-ortho nitro benzene ring substituents is 1. The zero-order valence-electron chi connectivity index (χ0n) is 13.5. The molecule has 0 aromatic heterocycles. The van der Waals surface area contributed by atoms with E-state index in [1.807, 2.05) is 0 Å². The van der Waals surface area contributed by atoms with Crippen LogP contribution in [0.5, 0.6) is 5.75 Å². The number of benzene rings is 2. The maximum Gasteiger partial charge on any atom is 0.312 e. The minimum Gasteiger partial charge on any atom is -0.507 e. The fourth-order valence-corrected chi connectivity index (χ4v) is 3.05. The van der Waals surface area contributed by atoms with Crippen LogP contribution in [0.15, 0.2) is 53.4 Å². The van der Waals surface area contributed by atoms with Crippen molar-refractivity contribution in [1.29, 1.82) is 0 Å². The number of hydrogen-bond donors (Lipinski definition) is 2. The number of rotatable bonds is 4. The number of phenols is 1.